The van der Waals surface area contributed by atoms with Gasteiger partial charge in [-0.2, -0.15) is 0 Å². The molecule has 0 spiro atoms. The van der Waals surface area contributed by atoms with Gasteiger partial charge in [0.25, 0.3) is 0 Å². The highest BCUT2D eigenvalue weighted by molar-refractivity contribution is 5.92. The standard InChI is InChI=1S/C20H30O8/c1-4-5-6-7-8-9-10-11-14-25-20(22)27-28-26-19(21)17-13-12-16(23-2)15-18(17)24-3/h12-13,15H,4-11,14H2,1-3H3. The number of ether oxygens (including phenoxy) is 3. The van der Waals surface area contributed by atoms with Crippen LogP contribution >= 0.6 is 0 Å². The average Bonchev–Trinajstić information content (AvgIpc) is 2.71. The van der Waals surface area contributed by atoms with E-state index in [0.29, 0.717) is 5.75 Å². The molecule has 8 heteroatoms. The topological polar surface area (TPSA) is 89.5 Å². The van der Waals surface area contributed by atoms with Gasteiger partial charge in [0.05, 0.1) is 25.9 Å². The predicted octanol–water partition coefficient (Wildman–Crippen LogP) is 5.00. The fourth-order valence-electron chi connectivity index (χ4n) is 2.50. The number of hydrogen-bond acceptors (Lipinski definition) is 8. The van der Waals surface area contributed by atoms with Crippen LogP contribution in [0.1, 0.15) is 68.6 Å². The van der Waals surface area contributed by atoms with E-state index in [1.54, 1.807) is 6.07 Å². The van der Waals surface area contributed by atoms with E-state index in [0.717, 1.165) is 19.3 Å². The summed E-state index contributed by atoms with van der Waals surface area (Å²) in [5, 5.41) is 4.19. The molecule has 1 aromatic carbocycles. The molecule has 0 aliphatic rings. The minimum atomic E-state index is -1.07. The molecule has 0 amide bonds. The van der Waals surface area contributed by atoms with E-state index in [1.807, 2.05) is 0 Å². The Morgan fingerprint density at radius 2 is 1.54 bits per heavy atom. The smallest absolute Gasteiger partial charge is 0.497 e. The summed E-state index contributed by atoms with van der Waals surface area (Å²) >= 11 is 0. The number of carbonyl (C=O) groups excluding carboxylic acids is 2. The van der Waals surface area contributed by atoms with Gasteiger partial charge in [0.1, 0.15) is 17.1 Å². The van der Waals surface area contributed by atoms with Crippen LogP contribution in [0.2, 0.25) is 0 Å². The van der Waals surface area contributed by atoms with Crippen LogP contribution in [0.25, 0.3) is 0 Å². The quantitative estimate of drug-likeness (QED) is 0.187. The highest BCUT2D eigenvalue weighted by Crippen LogP contribution is 2.25. The molecule has 1 aromatic rings. The van der Waals surface area contributed by atoms with Crippen molar-refractivity contribution >= 4 is 12.1 Å². The van der Waals surface area contributed by atoms with E-state index in [1.165, 1.54) is 58.5 Å². The van der Waals surface area contributed by atoms with E-state index in [2.05, 4.69) is 21.7 Å². The van der Waals surface area contributed by atoms with Gasteiger partial charge in [0.15, 0.2) is 0 Å². The molecule has 0 atom stereocenters. The number of methoxy groups -OCH3 is 2. The molecule has 0 heterocycles. The van der Waals surface area contributed by atoms with Crippen molar-refractivity contribution in [2.75, 3.05) is 20.8 Å². The first kappa shape index (κ1) is 23.6. The van der Waals surface area contributed by atoms with Gasteiger partial charge in [-0.25, -0.2) is 14.5 Å². The van der Waals surface area contributed by atoms with E-state index >= 15 is 0 Å². The van der Waals surface area contributed by atoms with Gasteiger partial charge in [-0.15, -0.1) is 0 Å². The number of hydrogen-bond donors (Lipinski definition) is 0. The Kier molecular flexibility index (Phi) is 12.3. The van der Waals surface area contributed by atoms with Gasteiger partial charge in [-0.05, 0) is 18.6 Å². The second-order valence-corrected chi connectivity index (χ2v) is 6.16. The number of unbranched alkanes of at least 4 members (excludes halogenated alkanes) is 7. The molecule has 0 aromatic heterocycles. The van der Waals surface area contributed by atoms with E-state index in [4.69, 9.17) is 14.2 Å². The number of carbonyl (C=O) groups is 2. The summed E-state index contributed by atoms with van der Waals surface area (Å²) < 4.78 is 14.9. The minimum absolute atomic E-state index is 0.0826. The molecule has 0 N–H and O–H groups in total. The molecule has 0 aliphatic carbocycles. The van der Waals surface area contributed by atoms with Crippen LogP contribution in [0.15, 0.2) is 18.2 Å². The maximum absolute atomic E-state index is 11.9. The molecule has 0 bridgehead atoms. The summed E-state index contributed by atoms with van der Waals surface area (Å²) in [6.07, 6.45) is 7.99. The molecule has 0 aliphatic heterocycles. The molecular weight excluding hydrogens is 368 g/mol. The van der Waals surface area contributed by atoms with Crippen LogP contribution in [0.5, 0.6) is 11.5 Å². The average molecular weight is 398 g/mol. The van der Waals surface area contributed by atoms with Gasteiger partial charge in [-0.1, -0.05) is 51.9 Å². The lowest BCUT2D eigenvalue weighted by atomic mass is 10.1. The third-order valence-corrected chi connectivity index (χ3v) is 4.06. The van der Waals surface area contributed by atoms with Crippen LogP contribution in [0.3, 0.4) is 0 Å². The van der Waals surface area contributed by atoms with E-state index in [9.17, 15) is 9.59 Å². The summed E-state index contributed by atoms with van der Waals surface area (Å²) in [5.74, 6) is -0.157. The van der Waals surface area contributed by atoms with Crippen LogP contribution in [0.4, 0.5) is 4.79 Å². The first-order valence-electron chi connectivity index (χ1n) is 9.56. The zero-order valence-electron chi connectivity index (χ0n) is 16.9. The van der Waals surface area contributed by atoms with Crippen molar-refractivity contribution in [3.63, 3.8) is 0 Å². The lowest BCUT2D eigenvalue weighted by Gasteiger charge is -2.08. The molecular formula is C20H30O8. The van der Waals surface area contributed by atoms with Gasteiger partial charge < -0.3 is 14.2 Å². The zero-order chi connectivity index (χ0) is 20.6. The van der Waals surface area contributed by atoms with Gasteiger partial charge in [-0.3, -0.25) is 4.89 Å². The molecule has 8 nitrogen and oxygen atoms in total. The number of rotatable bonds is 14. The molecule has 0 saturated heterocycles. The van der Waals surface area contributed by atoms with Crippen molar-refractivity contribution in [1.82, 2.24) is 0 Å². The predicted molar refractivity (Wildman–Crippen MR) is 101 cm³/mol. The van der Waals surface area contributed by atoms with Crippen molar-refractivity contribution < 1.29 is 38.6 Å². The Balaban J connectivity index is 2.15. The summed E-state index contributed by atoms with van der Waals surface area (Å²) in [6.45, 7) is 2.41. The summed E-state index contributed by atoms with van der Waals surface area (Å²) in [7, 11) is 2.88. The Morgan fingerprint density at radius 3 is 2.18 bits per heavy atom. The fourth-order valence-corrected chi connectivity index (χ4v) is 2.50. The molecule has 158 valence electrons. The summed E-state index contributed by atoms with van der Waals surface area (Å²) in [5.41, 5.74) is 0.0826. The lowest BCUT2D eigenvalue weighted by molar-refractivity contribution is -0.452. The molecule has 0 unspecified atom stereocenters. The van der Waals surface area contributed by atoms with Crippen molar-refractivity contribution in [1.29, 1.82) is 0 Å². The van der Waals surface area contributed by atoms with Crippen LogP contribution in [0, 0.1) is 0 Å². The highest BCUT2D eigenvalue weighted by atomic mass is 17.5. The van der Waals surface area contributed by atoms with E-state index < -0.39 is 12.1 Å². The third kappa shape index (κ3) is 9.45. The molecule has 0 radical (unpaired) electrons. The van der Waals surface area contributed by atoms with Crippen LogP contribution in [-0.2, 0) is 19.6 Å². The Morgan fingerprint density at radius 1 is 0.857 bits per heavy atom. The first-order valence-corrected chi connectivity index (χ1v) is 9.56. The minimum Gasteiger partial charge on any atom is -0.497 e. The largest absolute Gasteiger partial charge is 0.543 e. The lowest BCUT2D eigenvalue weighted by Crippen LogP contribution is -2.13. The van der Waals surface area contributed by atoms with Crippen LogP contribution < -0.4 is 9.47 Å². The van der Waals surface area contributed by atoms with Crippen molar-refractivity contribution in [3.8, 4) is 11.5 Å². The SMILES string of the molecule is CCCCCCCCCCOC(=O)OOOC(=O)c1ccc(OC)cc1OC. The zero-order valence-corrected chi connectivity index (χ0v) is 16.9. The van der Waals surface area contributed by atoms with Gasteiger partial charge in [0, 0.05) is 6.07 Å². The maximum Gasteiger partial charge on any atom is 0.543 e. The van der Waals surface area contributed by atoms with E-state index in [-0.39, 0.29) is 17.9 Å². The molecule has 0 fully saturated rings. The fraction of sp³-hybridized carbons (Fsp3) is 0.600. The second kappa shape index (κ2) is 14.6. The Labute approximate surface area is 165 Å². The normalized spacial score (nSPS) is 10.2. The maximum atomic E-state index is 11.9. The van der Waals surface area contributed by atoms with Gasteiger partial charge in [0.2, 0.25) is 0 Å². The second-order valence-electron chi connectivity index (χ2n) is 6.16. The summed E-state index contributed by atoms with van der Waals surface area (Å²) in [4.78, 5) is 32.0. The Hall–Kier alpha value is -2.48. The monoisotopic (exact) mass is 398 g/mol. The first-order chi connectivity index (χ1) is 13.6. The molecule has 1 rings (SSSR count). The van der Waals surface area contributed by atoms with Crippen LogP contribution in [-0.4, -0.2) is 33.0 Å². The van der Waals surface area contributed by atoms with Crippen molar-refractivity contribution in [2.24, 2.45) is 0 Å². The van der Waals surface area contributed by atoms with Crippen molar-refractivity contribution in [3.05, 3.63) is 23.8 Å². The van der Waals surface area contributed by atoms with Crippen molar-refractivity contribution in [2.45, 2.75) is 58.3 Å². The molecule has 28 heavy (non-hydrogen) atoms. The third-order valence-electron chi connectivity index (χ3n) is 4.06. The highest BCUT2D eigenvalue weighted by Gasteiger charge is 2.17. The molecule has 0 saturated carbocycles. The van der Waals surface area contributed by atoms with Gasteiger partial charge >= 0.3 is 12.1 Å². The summed E-state index contributed by atoms with van der Waals surface area (Å²) in [6, 6.07) is 4.50. The number of benzene rings is 1. The Bertz CT molecular complexity index is 588.